The van der Waals surface area contributed by atoms with Crippen molar-refractivity contribution in [3.8, 4) is 0 Å². The maximum absolute atomic E-state index is 14.1. The van der Waals surface area contributed by atoms with Crippen molar-refractivity contribution in [3.05, 3.63) is 76.9 Å². The van der Waals surface area contributed by atoms with Crippen LogP contribution in [-0.2, 0) is 14.9 Å². The number of aromatic amines is 1. The molecule has 2 heterocycles. The van der Waals surface area contributed by atoms with Crippen LogP contribution in [0.3, 0.4) is 0 Å². The quantitative estimate of drug-likeness (QED) is 0.544. The third-order valence-corrected chi connectivity index (χ3v) is 5.55. The fourth-order valence-electron chi connectivity index (χ4n) is 4.20. The Balaban J connectivity index is 1.91. The lowest BCUT2D eigenvalue weighted by Gasteiger charge is -2.29. The van der Waals surface area contributed by atoms with Gasteiger partial charge in [-0.1, -0.05) is 13.8 Å². The lowest BCUT2D eigenvalue weighted by Crippen LogP contribution is -2.37. The molecule has 0 aliphatic carbocycles. The van der Waals surface area contributed by atoms with E-state index in [9.17, 15) is 22.8 Å². The zero-order chi connectivity index (χ0) is 24.1. The molecule has 0 bridgehead atoms. The van der Waals surface area contributed by atoms with Gasteiger partial charge in [-0.15, -0.1) is 0 Å². The SMILES string of the molecule is CC(C)OC(=O)C1=CN(C(=O)c2ccc(F)c(F)c2)CC(C)(C)c2c1[nH]c1ccc(F)cc21. The van der Waals surface area contributed by atoms with E-state index < -0.39 is 40.8 Å². The van der Waals surface area contributed by atoms with Crippen molar-refractivity contribution in [1.29, 1.82) is 0 Å². The summed E-state index contributed by atoms with van der Waals surface area (Å²) in [6.45, 7) is 7.22. The predicted molar refractivity (Wildman–Crippen MR) is 118 cm³/mol. The van der Waals surface area contributed by atoms with Crippen LogP contribution in [0.4, 0.5) is 13.2 Å². The third kappa shape index (κ3) is 4.13. The maximum Gasteiger partial charge on any atom is 0.342 e. The van der Waals surface area contributed by atoms with Gasteiger partial charge in [0.15, 0.2) is 11.6 Å². The van der Waals surface area contributed by atoms with Crippen molar-refractivity contribution in [1.82, 2.24) is 9.88 Å². The molecule has 8 heteroatoms. The molecule has 1 aromatic heterocycles. The second kappa shape index (κ2) is 8.10. The van der Waals surface area contributed by atoms with Crippen LogP contribution < -0.4 is 0 Å². The van der Waals surface area contributed by atoms with Gasteiger partial charge >= 0.3 is 5.97 Å². The molecular formula is C25H23F3N2O3. The molecule has 0 saturated carbocycles. The van der Waals surface area contributed by atoms with E-state index >= 15 is 0 Å². The fourth-order valence-corrected chi connectivity index (χ4v) is 4.20. The first-order valence-corrected chi connectivity index (χ1v) is 10.5. The van der Waals surface area contributed by atoms with Crippen molar-refractivity contribution in [2.75, 3.05) is 6.54 Å². The molecule has 172 valence electrons. The fraction of sp³-hybridized carbons (Fsp3) is 0.280. The normalized spacial score (nSPS) is 15.3. The molecule has 1 N–H and O–H groups in total. The average molecular weight is 456 g/mol. The van der Waals surface area contributed by atoms with Crippen molar-refractivity contribution < 1.29 is 27.5 Å². The smallest absolute Gasteiger partial charge is 0.342 e. The second-order valence-corrected chi connectivity index (χ2v) is 9.01. The number of hydrogen-bond donors (Lipinski definition) is 1. The minimum atomic E-state index is -1.15. The minimum Gasteiger partial charge on any atom is -0.459 e. The topological polar surface area (TPSA) is 62.4 Å². The Bertz CT molecular complexity index is 1310. The highest BCUT2D eigenvalue weighted by atomic mass is 19.2. The summed E-state index contributed by atoms with van der Waals surface area (Å²) in [5.74, 6) is -3.93. The van der Waals surface area contributed by atoms with Crippen molar-refractivity contribution in [2.45, 2.75) is 39.2 Å². The van der Waals surface area contributed by atoms with Gasteiger partial charge in [0, 0.05) is 34.6 Å². The van der Waals surface area contributed by atoms with Gasteiger partial charge < -0.3 is 14.6 Å². The van der Waals surface area contributed by atoms with Gasteiger partial charge in [0.2, 0.25) is 0 Å². The Morgan fingerprint density at radius 3 is 2.45 bits per heavy atom. The molecule has 4 rings (SSSR count). The van der Waals surface area contributed by atoms with Gasteiger partial charge in [-0.05, 0) is 55.8 Å². The summed E-state index contributed by atoms with van der Waals surface area (Å²) in [4.78, 5) is 30.8. The lowest BCUT2D eigenvalue weighted by molar-refractivity contribution is -0.140. The van der Waals surface area contributed by atoms with E-state index in [4.69, 9.17) is 4.74 Å². The van der Waals surface area contributed by atoms with Crippen molar-refractivity contribution in [2.24, 2.45) is 0 Å². The Morgan fingerprint density at radius 1 is 1.06 bits per heavy atom. The summed E-state index contributed by atoms with van der Waals surface area (Å²) in [5.41, 5.74) is 0.983. The van der Waals surface area contributed by atoms with E-state index in [-0.39, 0.29) is 17.7 Å². The molecule has 0 atom stereocenters. The van der Waals surface area contributed by atoms with Gasteiger partial charge in [0.25, 0.3) is 5.91 Å². The first-order valence-electron chi connectivity index (χ1n) is 10.5. The molecule has 0 radical (unpaired) electrons. The zero-order valence-corrected chi connectivity index (χ0v) is 18.6. The monoisotopic (exact) mass is 456 g/mol. The van der Waals surface area contributed by atoms with E-state index in [1.165, 1.54) is 29.3 Å². The number of benzene rings is 2. The molecule has 0 saturated heterocycles. The lowest BCUT2D eigenvalue weighted by atomic mass is 9.81. The highest BCUT2D eigenvalue weighted by Gasteiger charge is 2.38. The molecular weight excluding hydrogens is 433 g/mol. The molecule has 5 nitrogen and oxygen atoms in total. The molecule has 33 heavy (non-hydrogen) atoms. The Labute approximate surface area is 188 Å². The van der Waals surface area contributed by atoms with Gasteiger partial charge in [-0.3, -0.25) is 4.79 Å². The van der Waals surface area contributed by atoms with E-state index in [2.05, 4.69) is 4.98 Å². The number of nitrogens with zero attached hydrogens (tertiary/aromatic N) is 1. The summed E-state index contributed by atoms with van der Waals surface area (Å²) < 4.78 is 46.7. The molecule has 0 unspecified atom stereocenters. The van der Waals surface area contributed by atoms with Crippen LogP contribution >= 0.6 is 0 Å². The van der Waals surface area contributed by atoms with E-state index in [0.29, 0.717) is 22.2 Å². The number of H-pyrrole nitrogens is 1. The number of ether oxygens (including phenoxy) is 1. The average Bonchev–Trinajstić information content (AvgIpc) is 3.05. The third-order valence-electron chi connectivity index (χ3n) is 5.55. The van der Waals surface area contributed by atoms with Crippen LogP contribution in [-0.4, -0.2) is 34.4 Å². The van der Waals surface area contributed by atoms with Crippen molar-refractivity contribution >= 4 is 28.4 Å². The number of carbonyl (C=O) groups is 2. The first kappa shape index (κ1) is 22.6. The Hall–Kier alpha value is -3.55. The Kier molecular flexibility index (Phi) is 5.56. The van der Waals surface area contributed by atoms with Crippen LogP contribution in [0, 0.1) is 17.5 Å². The van der Waals surface area contributed by atoms with Crippen LogP contribution in [0.15, 0.2) is 42.6 Å². The molecule has 1 amide bonds. The first-order chi connectivity index (χ1) is 15.5. The predicted octanol–water partition coefficient (Wildman–Crippen LogP) is 5.31. The summed E-state index contributed by atoms with van der Waals surface area (Å²) in [7, 11) is 0. The molecule has 1 aliphatic rings. The maximum atomic E-state index is 14.1. The van der Waals surface area contributed by atoms with E-state index in [1.54, 1.807) is 19.9 Å². The largest absolute Gasteiger partial charge is 0.459 e. The number of fused-ring (bicyclic) bond motifs is 3. The number of rotatable bonds is 3. The van der Waals surface area contributed by atoms with Gasteiger partial charge in [-0.2, -0.15) is 0 Å². The number of halogens is 3. The molecule has 3 aromatic rings. The summed E-state index contributed by atoms with van der Waals surface area (Å²) in [6, 6.07) is 7.17. The van der Waals surface area contributed by atoms with Gasteiger partial charge in [0.1, 0.15) is 5.82 Å². The van der Waals surface area contributed by atoms with Crippen molar-refractivity contribution in [3.63, 3.8) is 0 Å². The standard InChI is InChI=1S/C25H23F3N2O3/c1-13(2)33-24(32)17-11-30(23(31)14-5-7-18(27)19(28)9-14)12-25(3,4)21-16-10-15(26)6-8-20(16)29-22(17)21/h5-11,13,29H,12H2,1-4H3. The number of carbonyl (C=O) groups excluding carboxylic acids is 2. The number of nitrogens with one attached hydrogen (secondary N) is 1. The van der Waals surface area contributed by atoms with E-state index in [1.807, 2.05) is 13.8 Å². The highest BCUT2D eigenvalue weighted by Crippen LogP contribution is 2.41. The van der Waals surface area contributed by atoms with Gasteiger partial charge in [0.05, 0.1) is 17.4 Å². The zero-order valence-electron chi connectivity index (χ0n) is 18.6. The molecule has 0 fully saturated rings. The highest BCUT2D eigenvalue weighted by molar-refractivity contribution is 6.18. The van der Waals surface area contributed by atoms with Crippen LogP contribution in [0.5, 0.6) is 0 Å². The molecule has 0 spiro atoms. The van der Waals surface area contributed by atoms with Crippen LogP contribution in [0.25, 0.3) is 16.5 Å². The summed E-state index contributed by atoms with van der Waals surface area (Å²) in [6.07, 6.45) is 0.934. The second-order valence-electron chi connectivity index (χ2n) is 9.01. The number of hydrogen-bond acceptors (Lipinski definition) is 3. The van der Waals surface area contributed by atoms with Crippen LogP contribution in [0.1, 0.15) is 49.3 Å². The summed E-state index contributed by atoms with van der Waals surface area (Å²) >= 11 is 0. The van der Waals surface area contributed by atoms with Gasteiger partial charge in [-0.25, -0.2) is 18.0 Å². The Morgan fingerprint density at radius 2 is 1.79 bits per heavy atom. The molecule has 2 aromatic carbocycles. The van der Waals surface area contributed by atoms with Crippen LogP contribution in [0.2, 0.25) is 0 Å². The number of aromatic nitrogens is 1. The number of esters is 1. The molecule has 1 aliphatic heterocycles. The summed E-state index contributed by atoms with van der Waals surface area (Å²) in [5, 5.41) is 0.584. The number of amides is 1. The van der Waals surface area contributed by atoms with E-state index in [0.717, 1.165) is 12.1 Å². The minimum absolute atomic E-state index is 0.0704.